The van der Waals surface area contributed by atoms with Crippen molar-refractivity contribution in [3.63, 3.8) is 0 Å². The maximum atomic E-state index is 13.2. The van der Waals surface area contributed by atoms with Crippen LogP contribution in [0.3, 0.4) is 0 Å². The van der Waals surface area contributed by atoms with E-state index in [0.29, 0.717) is 13.2 Å². The average molecular weight is 415 g/mol. The fourth-order valence-corrected chi connectivity index (χ4v) is 3.50. The summed E-state index contributed by atoms with van der Waals surface area (Å²) in [5.74, 6) is -0.516. The van der Waals surface area contributed by atoms with Gasteiger partial charge in [0.05, 0.1) is 5.56 Å². The molecule has 0 heterocycles. The van der Waals surface area contributed by atoms with Gasteiger partial charge in [-0.05, 0) is 59.2 Å². The van der Waals surface area contributed by atoms with Gasteiger partial charge in [-0.15, -0.1) is 0 Å². The normalized spacial score (nSPS) is 10.8. The first-order chi connectivity index (χ1) is 15.0. The highest BCUT2D eigenvalue weighted by Gasteiger charge is 2.11. The van der Waals surface area contributed by atoms with Crippen LogP contribution in [-0.2, 0) is 13.2 Å². The molecule has 4 rings (SSSR count). The van der Waals surface area contributed by atoms with Gasteiger partial charge in [0.1, 0.15) is 18.2 Å². The van der Waals surface area contributed by atoms with Crippen LogP contribution in [0.15, 0.2) is 78.9 Å². The molecule has 0 radical (unpaired) electrons. The maximum Gasteiger partial charge on any atom is 0.335 e. The van der Waals surface area contributed by atoms with Crippen molar-refractivity contribution in [1.82, 2.24) is 0 Å². The maximum absolute atomic E-state index is 13.2. The van der Waals surface area contributed by atoms with Gasteiger partial charge in [-0.1, -0.05) is 48.5 Å². The molecular formula is C26H22FNO3. The molecule has 2 N–H and O–H groups in total. The van der Waals surface area contributed by atoms with Crippen LogP contribution in [0.5, 0.6) is 5.75 Å². The smallest absolute Gasteiger partial charge is 0.335 e. The third-order valence-electron chi connectivity index (χ3n) is 5.25. The Morgan fingerprint density at radius 3 is 2.55 bits per heavy atom. The first kappa shape index (κ1) is 20.4. The lowest BCUT2D eigenvalue weighted by Crippen LogP contribution is -2.07. The van der Waals surface area contributed by atoms with Gasteiger partial charge < -0.3 is 15.2 Å². The van der Waals surface area contributed by atoms with Crippen LogP contribution in [-0.4, -0.2) is 11.1 Å². The molecule has 0 bridgehead atoms. The topological polar surface area (TPSA) is 58.6 Å². The molecule has 0 atom stereocenters. The SMILES string of the molecule is Cc1ccc(C(=O)O)cc1NCc1c(OCc2ccc(F)cc2)ccc2ccccc12. The molecule has 0 aliphatic rings. The summed E-state index contributed by atoms with van der Waals surface area (Å²) < 4.78 is 19.3. The third kappa shape index (κ3) is 4.67. The van der Waals surface area contributed by atoms with Crippen molar-refractivity contribution in [3.05, 3.63) is 107 Å². The van der Waals surface area contributed by atoms with Crippen LogP contribution in [0.25, 0.3) is 10.8 Å². The van der Waals surface area contributed by atoms with Gasteiger partial charge in [-0.2, -0.15) is 0 Å². The van der Waals surface area contributed by atoms with Crippen LogP contribution in [0.2, 0.25) is 0 Å². The first-order valence-electron chi connectivity index (χ1n) is 9.97. The molecular weight excluding hydrogens is 393 g/mol. The zero-order valence-electron chi connectivity index (χ0n) is 17.1. The van der Waals surface area contributed by atoms with Crippen LogP contribution in [0.4, 0.5) is 10.1 Å². The Hall–Kier alpha value is -3.86. The van der Waals surface area contributed by atoms with E-state index in [1.165, 1.54) is 12.1 Å². The van der Waals surface area contributed by atoms with Gasteiger partial charge in [0.25, 0.3) is 0 Å². The summed E-state index contributed by atoms with van der Waals surface area (Å²) in [5, 5.41) is 14.8. The van der Waals surface area contributed by atoms with E-state index in [4.69, 9.17) is 4.74 Å². The van der Waals surface area contributed by atoms with E-state index in [2.05, 4.69) is 5.32 Å². The number of hydrogen-bond donors (Lipinski definition) is 2. The molecule has 4 aromatic rings. The van der Waals surface area contributed by atoms with Gasteiger partial charge >= 0.3 is 5.97 Å². The minimum atomic E-state index is -0.962. The summed E-state index contributed by atoms with van der Waals surface area (Å²) in [4.78, 5) is 11.3. The summed E-state index contributed by atoms with van der Waals surface area (Å²) in [6.45, 7) is 2.71. The average Bonchev–Trinajstić information content (AvgIpc) is 2.78. The number of carboxylic acids is 1. The number of anilines is 1. The molecule has 156 valence electrons. The first-order valence-corrected chi connectivity index (χ1v) is 9.97. The van der Waals surface area contributed by atoms with Crippen LogP contribution in [0.1, 0.15) is 27.0 Å². The molecule has 0 aliphatic heterocycles. The molecule has 0 saturated heterocycles. The van der Waals surface area contributed by atoms with Crippen molar-refractivity contribution in [3.8, 4) is 5.75 Å². The van der Waals surface area contributed by atoms with E-state index in [0.717, 1.165) is 38.9 Å². The van der Waals surface area contributed by atoms with Crippen molar-refractivity contribution in [2.24, 2.45) is 0 Å². The molecule has 0 fully saturated rings. The molecule has 0 saturated carbocycles. The van der Waals surface area contributed by atoms with Crippen LogP contribution < -0.4 is 10.1 Å². The molecule has 0 aromatic heterocycles. The Morgan fingerprint density at radius 2 is 1.77 bits per heavy atom. The molecule has 0 aliphatic carbocycles. The van der Waals surface area contributed by atoms with E-state index in [9.17, 15) is 14.3 Å². The number of halogens is 1. The van der Waals surface area contributed by atoms with Crippen LogP contribution in [0, 0.1) is 12.7 Å². The molecule has 5 heteroatoms. The molecule has 4 nitrogen and oxygen atoms in total. The van der Waals surface area contributed by atoms with Crippen molar-refractivity contribution in [2.45, 2.75) is 20.1 Å². The Kier molecular flexibility index (Phi) is 5.85. The minimum absolute atomic E-state index is 0.235. The second-order valence-corrected chi connectivity index (χ2v) is 7.37. The number of fused-ring (bicyclic) bond motifs is 1. The lowest BCUT2D eigenvalue weighted by atomic mass is 10.0. The van der Waals surface area contributed by atoms with Crippen molar-refractivity contribution in [2.75, 3.05) is 5.32 Å². The third-order valence-corrected chi connectivity index (χ3v) is 5.25. The molecule has 0 amide bonds. The number of aryl methyl sites for hydroxylation is 1. The molecule has 4 aromatic carbocycles. The summed E-state index contributed by atoms with van der Waals surface area (Å²) in [6, 6.07) is 23.3. The quantitative estimate of drug-likeness (QED) is 0.379. The fourth-order valence-electron chi connectivity index (χ4n) is 3.50. The van der Waals surface area contributed by atoms with E-state index >= 15 is 0 Å². The van der Waals surface area contributed by atoms with Gasteiger partial charge in [0.2, 0.25) is 0 Å². The number of nitrogens with one attached hydrogen (secondary N) is 1. The Balaban J connectivity index is 1.63. The summed E-state index contributed by atoms with van der Waals surface area (Å²) in [7, 11) is 0. The summed E-state index contributed by atoms with van der Waals surface area (Å²) in [5.41, 5.74) is 3.80. The number of benzene rings is 4. The Morgan fingerprint density at radius 1 is 1.00 bits per heavy atom. The van der Waals surface area contributed by atoms with Crippen molar-refractivity contribution >= 4 is 22.4 Å². The zero-order valence-corrected chi connectivity index (χ0v) is 17.1. The van der Waals surface area contributed by atoms with Gasteiger partial charge in [0, 0.05) is 17.8 Å². The van der Waals surface area contributed by atoms with Crippen molar-refractivity contribution in [1.29, 1.82) is 0 Å². The van der Waals surface area contributed by atoms with E-state index < -0.39 is 5.97 Å². The van der Waals surface area contributed by atoms with Gasteiger partial charge in [0.15, 0.2) is 0 Å². The number of carboxylic acid groups (broad SMARTS) is 1. The van der Waals surface area contributed by atoms with E-state index in [-0.39, 0.29) is 11.4 Å². The summed E-state index contributed by atoms with van der Waals surface area (Å²) in [6.07, 6.45) is 0. The molecule has 31 heavy (non-hydrogen) atoms. The highest BCUT2D eigenvalue weighted by atomic mass is 19.1. The van der Waals surface area contributed by atoms with E-state index in [1.807, 2.05) is 43.3 Å². The van der Waals surface area contributed by atoms with Crippen LogP contribution >= 0.6 is 0 Å². The summed E-state index contributed by atoms with van der Waals surface area (Å²) >= 11 is 0. The number of carbonyl (C=O) groups is 1. The standard InChI is InChI=1S/C26H22FNO3/c1-17-6-9-20(26(29)30)14-24(17)28-15-23-22-5-3-2-4-19(22)10-13-25(23)31-16-18-7-11-21(27)12-8-18/h2-14,28H,15-16H2,1H3,(H,29,30). The fraction of sp³-hybridized carbons (Fsp3) is 0.115. The molecule has 0 unspecified atom stereocenters. The van der Waals surface area contributed by atoms with Crippen molar-refractivity contribution < 1.29 is 19.0 Å². The highest BCUT2D eigenvalue weighted by Crippen LogP contribution is 2.30. The highest BCUT2D eigenvalue weighted by molar-refractivity contribution is 5.90. The predicted molar refractivity (Wildman–Crippen MR) is 120 cm³/mol. The lowest BCUT2D eigenvalue weighted by molar-refractivity contribution is 0.0697. The van der Waals surface area contributed by atoms with E-state index in [1.54, 1.807) is 30.3 Å². The van der Waals surface area contributed by atoms with Gasteiger partial charge in [-0.25, -0.2) is 9.18 Å². The number of rotatable bonds is 7. The predicted octanol–water partition coefficient (Wildman–Crippen LogP) is 6.18. The largest absolute Gasteiger partial charge is 0.489 e. The monoisotopic (exact) mass is 415 g/mol. The molecule has 0 spiro atoms. The Labute approximate surface area is 179 Å². The minimum Gasteiger partial charge on any atom is -0.489 e. The number of hydrogen-bond acceptors (Lipinski definition) is 3. The number of aromatic carboxylic acids is 1. The second-order valence-electron chi connectivity index (χ2n) is 7.37. The Bertz CT molecular complexity index is 1240. The zero-order chi connectivity index (χ0) is 21.8. The second kappa shape index (κ2) is 8.88. The lowest BCUT2D eigenvalue weighted by Gasteiger charge is -2.17. The van der Waals surface area contributed by atoms with Gasteiger partial charge in [-0.3, -0.25) is 0 Å². The number of ether oxygens (including phenoxy) is 1.